The number of benzene rings is 1. The molecule has 1 aliphatic heterocycles. The summed E-state index contributed by atoms with van der Waals surface area (Å²) >= 11 is 0. The molecule has 5 fully saturated rings. The molecule has 1 amide bonds. The topological polar surface area (TPSA) is 83.1 Å². The number of rotatable bonds is 6. The van der Waals surface area contributed by atoms with Crippen molar-refractivity contribution in [2.24, 2.45) is 17.8 Å². The number of carbonyl (C=O) groups excluding carboxylic acids is 1. The number of nitrogens with zero attached hydrogens (tertiary/aromatic N) is 1. The molecule has 164 valence electrons. The molecule has 4 saturated carbocycles. The Kier molecular flexibility index (Phi) is 5.40. The molecule has 0 radical (unpaired) electrons. The van der Waals surface area contributed by atoms with Crippen LogP contribution in [0.2, 0.25) is 0 Å². The standard InChI is InChI=1S/C23H33N3O3S/c27-22(16-24-23-13-17-10-18(14-23)12-19(11-17)15-23)25-20-4-6-21(7-5-20)30(28,29)26-8-2-1-3-9-26/h4-7,17-19,24H,1-3,8-16H2,(H,25,27)/p+1. The zero-order valence-electron chi connectivity index (χ0n) is 17.7. The zero-order chi connectivity index (χ0) is 20.8. The molecule has 6 rings (SSSR count). The highest BCUT2D eigenvalue weighted by Crippen LogP contribution is 2.54. The molecule has 6 nitrogen and oxygen atoms in total. The Morgan fingerprint density at radius 3 is 2.10 bits per heavy atom. The average molecular weight is 433 g/mol. The number of hydrogen-bond donors (Lipinski definition) is 2. The van der Waals surface area contributed by atoms with Crippen LogP contribution in [0.3, 0.4) is 0 Å². The molecule has 1 aromatic rings. The smallest absolute Gasteiger partial charge is 0.279 e. The summed E-state index contributed by atoms with van der Waals surface area (Å²) in [6, 6.07) is 6.64. The summed E-state index contributed by atoms with van der Waals surface area (Å²) in [5.74, 6) is 2.64. The lowest BCUT2D eigenvalue weighted by molar-refractivity contribution is -0.729. The summed E-state index contributed by atoms with van der Waals surface area (Å²) in [6.45, 7) is 1.64. The third-order valence-electron chi connectivity index (χ3n) is 7.90. The number of anilines is 1. The first-order valence-electron chi connectivity index (χ1n) is 11.7. The molecule has 4 aliphatic carbocycles. The third kappa shape index (κ3) is 4.04. The quantitative estimate of drug-likeness (QED) is 0.724. The third-order valence-corrected chi connectivity index (χ3v) is 9.81. The van der Waals surface area contributed by atoms with Crippen molar-refractivity contribution in [1.82, 2.24) is 4.31 Å². The molecule has 0 spiro atoms. The minimum Gasteiger partial charge on any atom is -0.334 e. The number of nitrogens with one attached hydrogen (secondary N) is 1. The van der Waals surface area contributed by atoms with Crippen LogP contribution in [0.1, 0.15) is 57.8 Å². The molecule has 0 aromatic heterocycles. The normalized spacial score (nSPS) is 33.5. The summed E-state index contributed by atoms with van der Waals surface area (Å²) in [5, 5.41) is 5.26. The van der Waals surface area contributed by atoms with E-state index in [4.69, 9.17) is 0 Å². The van der Waals surface area contributed by atoms with Crippen molar-refractivity contribution in [2.75, 3.05) is 25.0 Å². The minimum absolute atomic E-state index is 0.00242. The second kappa shape index (κ2) is 7.92. The van der Waals surface area contributed by atoms with Crippen molar-refractivity contribution in [2.45, 2.75) is 68.2 Å². The van der Waals surface area contributed by atoms with E-state index >= 15 is 0 Å². The lowest BCUT2D eigenvalue weighted by Crippen LogP contribution is -3.00. The fraction of sp³-hybridized carbons (Fsp3) is 0.696. The van der Waals surface area contributed by atoms with E-state index in [1.807, 2.05) is 0 Å². The van der Waals surface area contributed by atoms with E-state index in [1.165, 1.54) is 38.5 Å². The maximum atomic E-state index is 12.8. The summed E-state index contributed by atoms with van der Waals surface area (Å²) in [6.07, 6.45) is 11.0. The zero-order valence-corrected chi connectivity index (χ0v) is 18.5. The number of quaternary nitrogens is 1. The summed E-state index contributed by atoms with van der Waals surface area (Å²) < 4.78 is 27.1. The van der Waals surface area contributed by atoms with Crippen molar-refractivity contribution >= 4 is 21.6 Å². The van der Waals surface area contributed by atoms with Gasteiger partial charge in [-0.15, -0.1) is 0 Å². The van der Waals surface area contributed by atoms with Crippen molar-refractivity contribution in [3.05, 3.63) is 24.3 Å². The fourth-order valence-electron chi connectivity index (χ4n) is 6.91. The predicted octanol–water partition coefficient (Wildman–Crippen LogP) is 2.33. The summed E-state index contributed by atoms with van der Waals surface area (Å²) in [7, 11) is -3.43. The Morgan fingerprint density at radius 2 is 1.53 bits per heavy atom. The second-order valence-corrected chi connectivity index (χ2v) is 12.2. The van der Waals surface area contributed by atoms with Crippen molar-refractivity contribution < 1.29 is 18.5 Å². The first-order valence-corrected chi connectivity index (χ1v) is 13.1. The Morgan fingerprint density at radius 1 is 0.967 bits per heavy atom. The Bertz CT molecular complexity index is 855. The monoisotopic (exact) mass is 432 g/mol. The Hall–Kier alpha value is -1.44. The van der Waals surface area contributed by atoms with E-state index < -0.39 is 10.0 Å². The molecular weight excluding hydrogens is 398 g/mol. The highest BCUT2D eigenvalue weighted by Gasteiger charge is 2.53. The van der Waals surface area contributed by atoms with Crippen LogP contribution in [0.4, 0.5) is 5.69 Å². The van der Waals surface area contributed by atoms with Gasteiger partial charge in [0.15, 0.2) is 6.54 Å². The molecule has 1 heterocycles. The largest absolute Gasteiger partial charge is 0.334 e. The van der Waals surface area contributed by atoms with E-state index in [0.29, 0.717) is 35.8 Å². The van der Waals surface area contributed by atoms with Crippen LogP contribution in [-0.4, -0.2) is 43.8 Å². The van der Waals surface area contributed by atoms with Gasteiger partial charge in [-0.3, -0.25) is 4.79 Å². The average Bonchev–Trinajstić information content (AvgIpc) is 2.72. The van der Waals surface area contributed by atoms with E-state index in [9.17, 15) is 13.2 Å². The number of piperidine rings is 1. The van der Waals surface area contributed by atoms with Crippen LogP contribution < -0.4 is 10.6 Å². The maximum absolute atomic E-state index is 12.8. The predicted molar refractivity (Wildman–Crippen MR) is 115 cm³/mol. The Labute approximate surface area is 179 Å². The summed E-state index contributed by atoms with van der Waals surface area (Å²) in [5.41, 5.74) is 0.954. The van der Waals surface area contributed by atoms with Crippen molar-refractivity contribution in [1.29, 1.82) is 0 Å². The van der Waals surface area contributed by atoms with Gasteiger partial charge >= 0.3 is 0 Å². The number of hydrogen-bond acceptors (Lipinski definition) is 3. The first-order chi connectivity index (χ1) is 14.4. The van der Waals surface area contributed by atoms with Gasteiger partial charge < -0.3 is 10.6 Å². The van der Waals surface area contributed by atoms with Crippen LogP contribution in [0.15, 0.2) is 29.2 Å². The number of sulfonamides is 1. The van der Waals surface area contributed by atoms with Crippen LogP contribution in [0.5, 0.6) is 0 Å². The molecule has 4 bridgehead atoms. The highest BCUT2D eigenvalue weighted by atomic mass is 32.2. The molecule has 5 aliphatic rings. The van der Waals surface area contributed by atoms with Crippen molar-refractivity contribution in [3.8, 4) is 0 Å². The fourth-order valence-corrected chi connectivity index (χ4v) is 8.43. The van der Waals surface area contributed by atoms with Crippen LogP contribution in [0.25, 0.3) is 0 Å². The molecular formula is C23H34N3O3S+. The van der Waals surface area contributed by atoms with Gasteiger partial charge in [0.1, 0.15) is 0 Å². The number of carbonyl (C=O) groups is 1. The SMILES string of the molecule is O=C(C[NH2+]C12CC3CC(CC(C3)C1)C2)Nc1ccc(S(=O)(=O)N2CCCCC2)cc1. The minimum atomic E-state index is -3.43. The van der Waals surface area contributed by atoms with Gasteiger partial charge in [0.05, 0.1) is 10.4 Å². The van der Waals surface area contributed by atoms with Gasteiger partial charge in [-0.25, -0.2) is 8.42 Å². The first kappa shape index (κ1) is 20.5. The second-order valence-electron chi connectivity index (χ2n) is 10.2. The molecule has 0 atom stereocenters. The molecule has 0 unspecified atom stereocenters. The molecule has 1 saturated heterocycles. The molecule has 1 aromatic carbocycles. The van der Waals surface area contributed by atoms with E-state index in [1.54, 1.807) is 28.6 Å². The highest BCUT2D eigenvalue weighted by molar-refractivity contribution is 7.89. The van der Waals surface area contributed by atoms with Gasteiger partial charge in [0.25, 0.3) is 5.91 Å². The lowest BCUT2D eigenvalue weighted by Gasteiger charge is -2.54. The van der Waals surface area contributed by atoms with E-state index in [-0.39, 0.29) is 5.91 Å². The van der Waals surface area contributed by atoms with Crippen LogP contribution in [0, 0.1) is 17.8 Å². The van der Waals surface area contributed by atoms with Crippen molar-refractivity contribution in [3.63, 3.8) is 0 Å². The lowest BCUT2D eigenvalue weighted by atomic mass is 9.53. The van der Waals surface area contributed by atoms with Gasteiger partial charge in [0.2, 0.25) is 10.0 Å². The molecule has 3 N–H and O–H groups in total. The van der Waals surface area contributed by atoms with Gasteiger partial charge in [0, 0.05) is 38.0 Å². The van der Waals surface area contributed by atoms with Crippen LogP contribution >= 0.6 is 0 Å². The molecule has 30 heavy (non-hydrogen) atoms. The van der Waals surface area contributed by atoms with E-state index in [2.05, 4.69) is 10.6 Å². The Balaban J connectivity index is 1.17. The van der Waals surface area contributed by atoms with Gasteiger partial charge in [-0.2, -0.15) is 4.31 Å². The van der Waals surface area contributed by atoms with Gasteiger partial charge in [-0.1, -0.05) is 6.42 Å². The van der Waals surface area contributed by atoms with Gasteiger partial charge in [-0.05, 0) is 74.1 Å². The number of amides is 1. The van der Waals surface area contributed by atoms with E-state index in [0.717, 1.165) is 37.0 Å². The molecule has 7 heteroatoms. The summed E-state index contributed by atoms with van der Waals surface area (Å²) in [4.78, 5) is 12.9. The number of nitrogens with two attached hydrogens (primary N) is 1. The van der Waals surface area contributed by atoms with Crippen LogP contribution in [-0.2, 0) is 14.8 Å². The maximum Gasteiger partial charge on any atom is 0.279 e.